The number of carbonyl (C=O) groups is 2. The highest BCUT2D eigenvalue weighted by atomic mass is 16.4. The molecule has 0 spiro atoms. The summed E-state index contributed by atoms with van der Waals surface area (Å²) in [5.74, 6) is -2.26. The van der Waals surface area contributed by atoms with E-state index in [1.165, 1.54) is 0 Å². The van der Waals surface area contributed by atoms with E-state index in [-0.39, 0.29) is 5.57 Å². The minimum atomic E-state index is -1.41. The minimum Gasteiger partial charge on any atom is -0.475 e. The Labute approximate surface area is 72.1 Å². The first-order valence-electron chi connectivity index (χ1n) is 4.05. The summed E-state index contributed by atoms with van der Waals surface area (Å²) in [6, 6.07) is 0. The van der Waals surface area contributed by atoms with Gasteiger partial charge in [0.2, 0.25) is 0 Å². The summed E-state index contributed by atoms with van der Waals surface area (Å²) in [5, 5.41) is 8.30. The quantitative estimate of drug-likeness (QED) is 0.375. The van der Waals surface area contributed by atoms with Crippen LogP contribution in [0.2, 0.25) is 0 Å². The normalized spacial score (nSPS) is 9.42. The molecule has 1 N–H and O–H groups in total. The van der Waals surface area contributed by atoms with Gasteiger partial charge in [-0.05, 0) is 18.4 Å². The lowest BCUT2D eigenvalue weighted by Gasteiger charge is -1.99. The van der Waals surface area contributed by atoms with E-state index in [4.69, 9.17) is 5.11 Å². The van der Waals surface area contributed by atoms with Gasteiger partial charge in [-0.3, -0.25) is 4.79 Å². The Hall–Kier alpha value is -1.12. The van der Waals surface area contributed by atoms with Crippen LogP contribution in [-0.2, 0) is 9.59 Å². The van der Waals surface area contributed by atoms with E-state index in [0.717, 1.165) is 19.3 Å². The highest BCUT2D eigenvalue weighted by molar-refractivity contribution is 6.39. The number of hydrogen-bond donors (Lipinski definition) is 1. The summed E-state index contributed by atoms with van der Waals surface area (Å²) in [7, 11) is 0. The average molecular weight is 170 g/mol. The fourth-order valence-electron chi connectivity index (χ4n) is 0.853. The highest BCUT2D eigenvalue weighted by Gasteiger charge is 2.14. The van der Waals surface area contributed by atoms with Crippen LogP contribution in [0, 0.1) is 0 Å². The van der Waals surface area contributed by atoms with E-state index in [1.807, 2.05) is 6.92 Å². The molecule has 0 unspecified atom stereocenters. The second kappa shape index (κ2) is 5.52. The molecule has 0 aromatic heterocycles. The number of hydrogen-bond acceptors (Lipinski definition) is 2. The maximum atomic E-state index is 10.7. The highest BCUT2D eigenvalue weighted by Crippen LogP contribution is 2.07. The van der Waals surface area contributed by atoms with Crippen molar-refractivity contribution in [3.05, 3.63) is 12.2 Å². The molecule has 0 rings (SSSR count). The van der Waals surface area contributed by atoms with Gasteiger partial charge in [0.1, 0.15) is 0 Å². The smallest absolute Gasteiger partial charge is 0.376 e. The standard InChI is InChI=1S/C9H14O3/c1-3-4-5-6-7(2)8(10)9(11)12/h2-6H2,1H3,(H,11,12). The number of Topliss-reactive ketones (excluding diaryl/α,β-unsaturated/α-hetero) is 1. The van der Waals surface area contributed by atoms with Crippen LogP contribution in [0.15, 0.2) is 12.2 Å². The number of unbranched alkanes of at least 4 members (excludes halogenated alkanes) is 2. The van der Waals surface area contributed by atoms with E-state index in [1.54, 1.807) is 0 Å². The molecule has 3 nitrogen and oxygen atoms in total. The zero-order valence-electron chi connectivity index (χ0n) is 7.30. The molecule has 0 aliphatic heterocycles. The SMILES string of the molecule is C=C(CCCCC)C(=O)C(=O)O. The third-order valence-electron chi connectivity index (χ3n) is 1.60. The number of rotatable bonds is 6. The second-order valence-corrected chi connectivity index (χ2v) is 2.69. The molecule has 0 saturated carbocycles. The second-order valence-electron chi connectivity index (χ2n) is 2.69. The van der Waals surface area contributed by atoms with E-state index in [0.29, 0.717) is 6.42 Å². The molecule has 0 bridgehead atoms. The van der Waals surface area contributed by atoms with Crippen molar-refractivity contribution < 1.29 is 14.7 Å². The maximum absolute atomic E-state index is 10.7. The van der Waals surface area contributed by atoms with Gasteiger partial charge in [0, 0.05) is 0 Å². The molecular weight excluding hydrogens is 156 g/mol. The largest absolute Gasteiger partial charge is 0.475 e. The molecule has 3 heteroatoms. The summed E-state index contributed by atoms with van der Waals surface area (Å²) in [5.41, 5.74) is 0.205. The topological polar surface area (TPSA) is 54.4 Å². The van der Waals surface area contributed by atoms with Crippen LogP contribution in [-0.4, -0.2) is 16.9 Å². The summed E-state index contributed by atoms with van der Waals surface area (Å²) in [6.45, 7) is 5.46. The van der Waals surface area contributed by atoms with Gasteiger partial charge in [-0.25, -0.2) is 4.79 Å². The molecule has 0 aromatic carbocycles. The molecule has 0 aromatic rings. The van der Waals surface area contributed by atoms with Crippen molar-refractivity contribution in [2.24, 2.45) is 0 Å². The van der Waals surface area contributed by atoms with Crippen LogP contribution in [0.4, 0.5) is 0 Å². The van der Waals surface area contributed by atoms with Crippen LogP contribution in [0.3, 0.4) is 0 Å². The predicted molar refractivity (Wildman–Crippen MR) is 45.9 cm³/mol. The van der Waals surface area contributed by atoms with Gasteiger partial charge in [-0.15, -0.1) is 0 Å². The molecule has 0 saturated heterocycles. The molecule has 12 heavy (non-hydrogen) atoms. The van der Waals surface area contributed by atoms with Gasteiger partial charge < -0.3 is 5.11 Å². The van der Waals surface area contributed by atoms with Crippen LogP contribution in [0.25, 0.3) is 0 Å². The van der Waals surface area contributed by atoms with Gasteiger partial charge in [-0.2, -0.15) is 0 Å². The Morgan fingerprint density at radius 2 is 1.92 bits per heavy atom. The van der Waals surface area contributed by atoms with Crippen LogP contribution in [0.5, 0.6) is 0 Å². The van der Waals surface area contributed by atoms with Crippen molar-refractivity contribution in [2.45, 2.75) is 32.6 Å². The van der Waals surface area contributed by atoms with E-state index < -0.39 is 11.8 Å². The van der Waals surface area contributed by atoms with Crippen molar-refractivity contribution in [1.82, 2.24) is 0 Å². The lowest BCUT2D eigenvalue weighted by Crippen LogP contribution is -2.14. The van der Waals surface area contributed by atoms with Gasteiger partial charge in [0.05, 0.1) is 0 Å². The third-order valence-corrected chi connectivity index (χ3v) is 1.60. The fourth-order valence-corrected chi connectivity index (χ4v) is 0.853. The van der Waals surface area contributed by atoms with Crippen molar-refractivity contribution >= 4 is 11.8 Å². The summed E-state index contributed by atoms with van der Waals surface area (Å²) in [6.07, 6.45) is 3.40. The van der Waals surface area contributed by atoms with Crippen LogP contribution in [0.1, 0.15) is 32.6 Å². The number of carbonyl (C=O) groups excluding carboxylic acids is 1. The van der Waals surface area contributed by atoms with Crippen molar-refractivity contribution in [3.63, 3.8) is 0 Å². The van der Waals surface area contributed by atoms with Crippen molar-refractivity contribution in [3.8, 4) is 0 Å². The Kier molecular flexibility index (Phi) is 5.00. The number of ketones is 1. The first-order chi connectivity index (χ1) is 5.59. The summed E-state index contributed by atoms with van der Waals surface area (Å²) in [4.78, 5) is 20.9. The Bertz CT molecular complexity index is 194. The van der Waals surface area contributed by atoms with Gasteiger partial charge in [0.15, 0.2) is 0 Å². The first kappa shape index (κ1) is 10.9. The molecule has 0 aliphatic rings. The summed E-state index contributed by atoms with van der Waals surface area (Å²) < 4.78 is 0. The monoisotopic (exact) mass is 170 g/mol. The van der Waals surface area contributed by atoms with E-state index >= 15 is 0 Å². The van der Waals surface area contributed by atoms with Crippen LogP contribution < -0.4 is 0 Å². The van der Waals surface area contributed by atoms with Crippen LogP contribution >= 0.6 is 0 Å². The zero-order valence-corrected chi connectivity index (χ0v) is 7.30. The fraction of sp³-hybridized carbons (Fsp3) is 0.556. The van der Waals surface area contributed by atoms with Crippen molar-refractivity contribution in [2.75, 3.05) is 0 Å². The van der Waals surface area contributed by atoms with Gasteiger partial charge in [0.25, 0.3) is 5.78 Å². The maximum Gasteiger partial charge on any atom is 0.376 e. The molecule has 68 valence electrons. The Morgan fingerprint density at radius 1 is 1.33 bits per heavy atom. The first-order valence-corrected chi connectivity index (χ1v) is 4.05. The number of carboxylic acid groups (broad SMARTS) is 1. The molecule has 0 heterocycles. The summed E-state index contributed by atoms with van der Waals surface area (Å²) >= 11 is 0. The average Bonchev–Trinajstić information content (AvgIpc) is 2.03. The molecule has 0 amide bonds. The van der Waals surface area contributed by atoms with Gasteiger partial charge in [-0.1, -0.05) is 26.3 Å². The van der Waals surface area contributed by atoms with Crippen molar-refractivity contribution in [1.29, 1.82) is 0 Å². The Balaban J connectivity index is 3.73. The molecule has 0 fully saturated rings. The molecule has 0 radical (unpaired) electrons. The lowest BCUT2D eigenvalue weighted by atomic mass is 10.1. The lowest BCUT2D eigenvalue weighted by molar-refractivity contribution is -0.147. The van der Waals surface area contributed by atoms with E-state index in [9.17, 15) is 9.59 Å². The zero-order chi connectivity index (χ0) is 9.56. The molecule has 0 atom stereocenters. The molecule has 0 aliphatic carbocycles. The predicted octanol–water partition coefficient (Wildman–Crippen LogP) is 1.78. The van der Waals surface area contributed by atoms with Gasteiger partial charge >= 0.3 is 5.97 Å². The van der Waals surface area contributed by atoms with E-state index in [2.05, 4.69) is 6.58 Å². The Morgan fingerprint density at radius 3 is 2.33 bits per heavy atom. The minimum absolute atomic E-state index is 0.205. The molecular formula is C9H14O3. The number of carboxylic acids is 1. The number of aliphatic carboxylic acids is 1. The third kappa shape index (κ3) is 3.91.